The van der Waals surface area contributed by atoms with E-state index in [-0.39, 0.29) is 11.9 Å². The molecular weight excluding hydrogens is 334 g/mol. The molecule has 2 aliphatic rings. The number of anilines is 1. The van der Waals surface area contributed by atoms with E-state index < -0.39 is 0 Å². The van der Waals surface area contributed by atoms with E-state index in [1.165, 1.54) is 11.3 Å². The molecule has 0 bridgehead atoms. The Balaban J connectivity index is 1.63. The van der Waals surface area contributed by atoms with Crippen LogP contribution in [-0.4, -0.2) is 59.5 Å². The summed E-state index contributed by atoms with van der Waals surface area (Å²) in [5.74, 6) is 0.0290. The van der Waals surface area contributed by atoms with E-state index in [1.807, 2.05) is 12.1 Å². The van der Waals surface area contributed by atoms with E-state index in [0.29, 0.717) is 29.8 Å². The second kappa shape index (κ2) is 5.64. The van der Waals surface area contributed by atoms with Crippen LogP contribution in [0.25, 0.3) is 10.2 Å². The maximum absolute atomic E-state index is 12.9. The summed E-state index contributed by atoms with van der Waals surface area (Å²) in [6.07, 6.45) is 2.15. The largest absolute Gasteiger partial charge is 0.307 e. The maximum Gasteiger partial charge on any atom is 0.248 e. The third-order valence-electron chi connectivity index (χ3n) is 4.36. The van der Waals surface area contributed by atoms with Crippen LogP contribution in [0.2, 0.25) is 5.02 Å². The first-order valence-corrected chi connectivity index (χ1v) is 8.61. The fourth-order valence-corrected chi connectivity index (χ4v) is 4.40. The molecule has 0 unspecified atom stereocenters. The highest BCUT2D eigenvalue weighted by Gasteiger charge is 2.39. The number of hydrogen-bond donors (Lipinski definition) is 0. The van der Waals surface area contributed by atoms with Gasteiger partial charge in [0.2, 0.25) is 5.91 Å². The van der Waals surface area contributed by atoms with Gasteiger partial charge in [-0.15, -0.1) is 0 Å². The van der Waals surface area contributed by atoms with Crippen LogP contribution < -0.4 is 4.90 Å². The number of carbonyl (C=O) groups excluding carboxylic acids is 1. The summed E-state index contributed by atoms with van der Waals surface area (Å²) < 4.78 is 0.977. The van der Waals surface area contributed by atoms with Gasteiger partial charge in [-0.05, 0) is 18.2 Å². The Bertz CT molecular complexity index is 816. The highest BCUT2D eigenvalue weighted by molar-refractivity contribution is 7.22. The van der Waals surface area contributed by atoms with Gasteiger partial charge in [-0.3, -0.25) is 14.6 Å². The Labute approximate surface area is 142 Å². The average molecular weight is 348 g/mol. The molecule has 118 valence electrons. The lowest BCUT2D eigenvalue weighted by molar-refractivity contribution is -0.127. The number of carbonyl (C=O) groups is 1. The van der Waals surface area contributed by atoms with Gasteiger partial charge in [0.1, 0.15) is 6.04 Å². The Morgan fingerprint density at radius 1 is 1.30 bits per heavy atom. The van der Waals surface area contributed by atoms with Crippen LogP contribution in [0, 0.1) is 11.5 Å². The van der Waals surface area contributed by atoms with E-state index in [9.17, 15) is 4.79 Å². The smallest absolute Gasteiger partial charge is 0.248 e. The van der Waals surface area contributed by atoms with Gasteiger partial charge in [-0.2, -0.15) is 5.26 Å². The van der Waals surface area contributed by atoms with Crippen molar-refractivity contribution in [2.75, 3.05) is 37.6 Å². The fraction of sp³-hybridized carbons (Fsp3) is 0.400. The number of piperazine rings is 2. The van der Waals surface area contributed by atoms with E-state index in [2.05, 4.69) is 16.1 Å². The fourth-order valence-electron chi connectivity index (χ4n) is 3.12. The Hall–Kier alpha value is -1.88. The van der Waals surface area contributed by atoms with E-state index in [0.717, 1.165) is 23.3 Å². The second-order valence-corrected chi connectivity index (χ2v) is 7.14. The first kappa shape index (κ1) is 14.7. The Morgan fingerprint density at radius 2 is 2.13 bits per heavy atom. The standard InChI is InChI=1S/C15H14ClN5OS/c16-10-1-2-11-13(7-10)23-15(18-11)21-6-5-20-4-3-19(9-17)8-12(20)14(21)22/h1-2,7,12H,3-6,8H2/t12-/m1/s1. The summed E-state index contributed by atoms with van der Waals surface area (Å²) >= 11 is 7.50. The third-order valence-corrected chi connectivity index (χ3v) is 5.64. The summed E-state index contributed by atoms with van der Waals surface area (Å²) in [4.78, 5) is 23.0. The summed E-state index contributed by atoms with van der Waals surface area (Å²) in [5, 5.41) is 10.5. The van der Waals surface area contributed by atoms with Crippen LogP contribution in [0.15, 0.2) is 18.2 Å². The number of hydrogen-bond acceptors (Lipinski definition) is 6. The summed E-state index contributed by atoms with van der Waals surface area (Å²) in [6, 6.07) is 5.29. The van der Waals surface area contributed by atoms with Gasteiger partial charge in [0.05, 0.1) is 16.8 Å². The molecule has 1 aromatic heterocycles. The van der Waals surface area contributed by atoms with Crippen molar-refractivity contribution in [2.24, 2.45) is 0 Å². The molecule has 0 N–H and O–H groups in total. The van der Waals surface area contributed by atoms with Crippen LogP contribution in [0.4, 0.5) is 5.13 Å². The number of halogens is 1. The van der Waals surface area contributed by atoms with Gasteiger partial charge in [0.25, 0.3) is 0 Å². The number of amides is 1. The van der Waals surface area contributed by atoms with Crippen LogP contribution in [0.1, 0.15) is 0 Å². The van der Waals surface area contributed by atoms with Crippen LogP contribution in [-0.2, 0) is 4.79 Å². The minimum absolute atomic E-state index is 0.0290. The molecule has 4 rings (SSSR count). The number of benzene rings is 1. The number of nitriles is 1. The zero-order chi connectivity index (χ0) is 16.0. The number of thiazole rings is 1. The molecule has 23 heavy (non-hydrogen) atoms. The SMILES string of the molecule is N#CN1CCN2CCN(c3nc4ccc(Cl)cc4s3)C(=O)[C@H]2C1. The second-order valence-electron chi connectivity index (χ2n) is 5.70. The lowest BCUT2D eigenvalue weighted by Crippen LogP contribution is -2.64. The normalized spacial score (nSPS) is 22.3. The molecule has 0 aliphatic carbocycles. The summed E-state index contributed by atoms with van der Waals surface area (Å²) in [5.41, 5.74) is 0.854. The maximum atomic E-state index is 12.9. The van der Waals surface area contributed by atoms with Gasteiger partial charge in [0, 0.05) is 31.2 Å². The molecule has 0 saturated carbocycles. The molecule has 0 radical (unpaired) electrons. The highest BCUT2D eigenvalue weighted by atomic mass is 35.5. The van der Waals surface area contributed by atoms with Crippen molar-refractivity contribution < 1.29 is 4.79 Å². The lowest BCUT2D eigenvalue weighted by Gasteiger charge is -2.44. The predicted molar refractivity (Wildman–Crippen MR) is 89.5 cm³/mol. The molecule has 8 heteroatoms. The monoisotopic (exact) mass is 347 g/mol. The molecule has 2 aliphatic heterocycles. The van der Waals surface area contributed by atoms with Gasteiger partial charge < -0.3 is 4.90 Å². The van der Waals surface area contributed by atoms with Crippen molar-refractivity contribution >= 4 is 44.2 Å². The molecule has 2 aromatic rings. The van der Waals surface area contributed by atoms with Crippen molar-refractivity contribution in [3.63, 3.8) is 0 Å². The molecule has 2 fully saturated rings. The van der Waals surface area contributed by atoms with Gasteiger partial charge in [-0.1, -0.05) is 22.9 Å². The van der Waals surface area contributed by atoms with Crippen LogP contribution in [0.5, 0.6) is 0 Å². The Morgan fingerprint density at radius 3 is 2.96 bits per heavy atom. The predicted octanol–water partition coefficient (Wildman–Crippen LogP) is 1.76. The molecule has 3 heterocycles. The first-order valence-electron chi connectivity index (χ1n) is 7.42. The van der Waals surface area contributed by atoms with Crippen molar-refractivity contribution in [3.8, 4) is 6.19 Å². The average Bonchev–Trinajstić information content (AvgIpc) is 2.97. The van der Waals surface area contributed by atoms with Gasteiger partial charge in [-0.25, -0.2) is 4.98 Å². The molecule has 6 nitrogen and oxygen atoms in total. The summed E-state index contributed by atoms with van der Waals surface area (Å²) in [7, 11) is 0. The number of nitrogens with zero attached hydrogens (tertiary/aromatic N) is 5. The topological polar surface area (TPSA) is 63.5 Å². The van der Waals surface area contributed by atoms with E-state index >= 15 is 0 Å². The lowest BCUT2D eigenvalue weighted by atomic mass is 10.1. The first-order chi connectivity index (χ1) is 11.2. The summed E-state index contributed by atoms with van der Waals surface area (Å²) in [6.45, 7) is 3.36. The number of fused-ring (bicyclic) bond motifs is 2. The zero-order valence-corrected chi connectivity index (χ0v) is 13.8. The molecule has 1 atom stereocenters. The quantitative estimate of drug-likeness (QED) is 0.736. The third kappa shape index (κ3) is 2.53. The van der Waals surface area contributed by atoms with Crippen molar-refractivity contribution in [2.45, 2.75) is 6.04 Å². The van der Waals surface area contributed by atoms with Gasteiger partial charge in [0.15, 0.2) is 11.3 Å². The Kier molecular flexibility index (Phi) is 3.60. The minimum atomic E-state index is -0.257. The van der Waals surface area contributed by atoms with Crippen LogP contribution in [0.3, 0.4) is 0 Å². The van der Waals surface area contributed by atoms with Crippen molar-refractivity contribution in [3.05, 3.63) is 23.2 Å². The van der Waals surface area contributed by atoms with Gasteiger partial charge >= 0.3 is 0 Å². The van der Waals surface area contributed by atoms with Crippen molar-refractivity contribution in [1.82, 2.24) is 14.8 Å². The number of rotatable bonds is 1. The number of aromatic nitrogens is 1. The minimum Gasteiger partial charge on any atom is -0.307 e. The zero-order valence-electron chi connectivity index (χ0n) is 12.3. The molecule has 0 spiro atoms. The molecule has 1 aromatic carbocycles. The molecule has 1 amide bonds. The van der Waals surface area contributed by atoms with Crippen molar-refractivity contribution in [1.29, 1.82) is 5.26 Å². The molecular formula is C15H14ClN5OS. The van der Waals surface area contributed by atoms with E-state index in [4.69, 9.17) is 16.9 Å². The van der Waals surface area contributed by atoms with E-state index in [1.54, 1.807) is 15.9 Å². The van der Waals surface area contributed by atoms with Crippen LogP contribution >= 0.6 is 22.9 Å². The molecule has 2 saturated heterocycles. The highest BCUT2D eigenvalue weighted by Crippen LogP contribution is 2.32.